The molecule has 0 nitrogen and oxygen atoms in total. The van der Waals surface area contributed by atoms with E-state index in [1.165, 1.54) is 17.7 Å². The minimum absolute atomic E-state index is 0.178. The maximum atomic E-state index is 11.9. The van der Waals surface area contributed by atoms with E-state index < -0.39 is 0 Å². The molecule has 0 heterocycles. The van der Waals surface area contributed by atoms with E-state index >= 15 is 0 Å². The number of hydrogen-bond acceptors (Lipinski definition) is 0. The monoisotopic (exact) mass is 266 g/mol. The highest BCUT2D eigenvalue weighted by atomic mass is 79.9. The molecular formula is C13H12BrF. The van der Waals surface area contributed by atoms with Crippen LogP contribution in [-0.4, -0.2) is 0 Å². The van der Waals surface area contributed by atoms with Gasteiger partial charge in [0.25, 0.3) is 0 Å². The molecule has 2 heteroatoms. The van der Waals surface area contributed by atoms with Gasteiger partial charge in [-0.15, -0.1) is 0 Å². The summed E-state index contributed by atoms with van der Waals surface area (Å²) >= 11 is 3.36. The molecule has 2 aromatic carbocycles. The summed E-state index contributed by atoms with van der Waals surface area (Å²) in [6.45, 7) is 2.07. The first kappa shape index (κ1) is 11.9. The summed E-state index contributed by atoms with van der Waals surface area (Å²) in [6, 6.07) is 16.1. The van der Waals surface area contributed by atoms with Crippen molar-refractivity contribution in [2.75, 3.05) is 0 Å². The molecule has 0 spiro atoms. The Labute approximate surface area is 97.9 Å². The van der Waals surface area contributed by atoms with Gasteiger partial charge in [-0.25, -0.2) is 4.39 Å². The fourth-order valence-corrected chi connectivity index (χ4v) is 1.53. The van der Waals surface area contributed by atoms with Gasteiger partial charge in [-0.3, -0.25) is 0 Å². The van der Waals surface area contributed by atoms with Crippen LogP contribution >= 0.6 is 15.9 Å². The van der Waals surface area contributed by atoms with Crippen LogP contribution in [0.25, 0.3) is 0 Å². The van der Waals surface area contributed by atoms with E-state index in [0.29, 0.717) is 0 Å². The minimum Gasteiger partial charge on any atom is -0.207 e. The van der Waals surface area contributed by atoms with E-state index in [4.69, 9.17) is 0 Å². The molecule has 0 saturated heterocycles. The Balaban J connectivity index is 0.000000151. The summed E-state index contributed by atoms with van der Waals surface area (Å²) in [4.78, 5) is 0. The molecule has 0 unspecified atom stereocenters. The van der Waals surface area contributed by atoms with Crippen molar-refractivity contribution in [3.05, 3.63) is 70.5 Å². The topological polar surface area (TPSA) is 0 Å². The third kappa shape index (κ3) is 5.33. The van der Waals surface area contributed by atoms with Crippen molar-refractivity contribution in [2.45, 2.75) is 6.92 Å². The van der Waals surface area contributed by atoms with Crippen LogP contribution in [0.15, 0.2) is 59.1 Å². The first-order chi connectivity index (χ1) is 7.18. The van der Waals surface area contributed by atoms with Crippen molar-refractivity contribution in [3.63, 3.8) is 0 Å². The average molecular weight is 267 g/mol. The van der Waals surface area contributed by atoms with Crippen molar-refractivity contribution < 1.29 is 4.39 Å². The zero-order valence-corrected chi connectivity index (χ0v) is 10.0. The second-order valence-electron chi connectivity index (χ2n) is 3.09. The Bertz CT molecular complexity index is 381. The second kappa shape index (κ2) is 6.36. The standard InChI is InChI=1S/C7H7Br.C6H5F/c1-6-3-2-4-7(8)5-6;7-6-4-2-1-3-5-6/h2-5H,1H3;1-5H. The largest absolute Gasteiger partial charge is 0.207 e. The first-order valence-corrected chi connectivity index (χ1v) is 5.40. The van der Waals surface area contributed by atoms with Gasteiger partial charge < -0.3 is 0 Å². The van der Waals surface area contributed by atoms with E-state index in [0.717, 1.165) is 4.47 Å². The quantitative estimate of drug-likeness (QED) is 0.655. The Morgan fingerprint density at radius 1 is 0.933 bits per heavy atom. The minimum atomic E-state index is -0.178. The third-order valence-corrected chi connectivity index (χ3v) is 2.21. The summed E-state index contributed by atoms with van der Waals surface area (Å²) in [5, 5.41) is 0. The van der Waals surface area contributed by atoms with Crippen LogP contribution in [0, 0.1) is 12.7 Å². The first-order valence-electron chi connectivity index (χ1n) is 4.61. The zero-order chi connectivity index (χ0) is 11.1. The smallest absolute Gasteiger partial charge is 0.123 e. The lowest BCUT2D eigenvalue weighted by Gasteiger charge is -1.89. The lowest BCUT2D eigenvalue weighted by Crippen LogP contribution is -1.67. The van der Waals surface area contributed by atoms with Crippen LogP contribution in [0.5, 0.6) is 0 Å². The van der Waals surface area contributed by atoms with Crippen LogP contribution in [0.1, 0.15) is 5.56 Å². The van der Waals surface area contributed by atoms with E-state index in [1.54, 1.807) is 18.2 Å². The maximum Gasteiger partial charge on any atom is 0.123 e. The van der Waals surface area contributed by atoms with Gasteiger partial charge in [-0.05, 0) is 31.2 Å². The molecule has 0 fully saturated rings. The number of hydrogen-bond donors (Lipinski definition) is 0. The van der Waals surface area contributed by atoms with Crippen molar-refractivity contribution in [3.8, 4) is 0 Å². The lowest BCUT2D eigenvalue weighted by molar-refractivity contribution is 0.628. The molecule has 78 valence electrons. The van der Waals surface area contributed by atoms with Crippen molar-refractivity contribution in [1.29, 1.82) is 0 Å². The molecule has 0 radical (unpaired) electrons. The number of benzene rings is 2. The van der Waals surface area contributed by atoms with Crippen LogP contribution in [0.3, 0.4) is 0 Å². The Morgan fingerprint density at radius 2 is 1.60 bits per heavy atom. The lowest BCUT2D eigenvalue weighted by atomic mass is 10.2. The van der Waals surface area contributed by atoms with Gasteiger partial charge in [0, 0.05) is 4.47 Å². The summed E-state index contributed by atoms with van der Waals surface area (Å²) < 4.78 is 13.1. The van der Waals surface area contributed by atoms with Crippen LogP contribution in [-0.2, 0) is 0 Å². The molecule has 0 aliphatic carbocycles. The van der Waals surface area contributed by atoms with Gasteiger partial charge in [-0.2, -0.15) is 0 Å². The number of halogens is 2. The molecule has 0 aliphatic rings. The van der Waals surface area contributed by atoms with Crippen molar-refractivity contribution in [2.24, 2.45) is 0 Å². The van der Waals surface area contributed by atoms with E-state index in [-0.39, 0.29) is 5.82 Å². The average Bonchev–Trinajstić information content (AvgIpc) is 2.19. The SMILES string of the molecule is Cc1cccc(Br)c1.Fc1ccccc1. The molecule has 0 N–H and O–H groups in total. The normalized spacial score (nSPS) is 9.00. The predicted octanol–water partition coefficient (Wildman–Crippen LogP) is 4.58. The second-order valence-corrected chi connectivity index (χ2v) is 4.01. The van der Waals surface area contributed by atoms with Crippen LogP contribution in [0.4, 0.5) is 4.39 Å². The molecule has 0 aliphatic heterocycles. The highest BCUT2D eigenvalue weighted by Gasteiger charge is 1.82. The van der Waals surface area contributed by atoms with Crippen LogP contribution in [0.2, 0.25) is 0 Å². The number of rotatable bonds is 0. The molecule has 0 bridgehead atoms. The third-order valence-electron chi connectivity index (χ3n) is 1.71. The van der Waals surface area contributed by atoms with Crippen LogP contribution < -0.4 is 0 Å². The predicted molar refractivity (Wildman–Crippen MR) is 65.3 cm³/mol. The summed E-state index contributed by atoms with van der Waals surface area (Å²) in [5.74, 6) is -0.178. The van der Waals surface area contributed by atoms with Gasteiger partial charge in [-0.1, -0.05) is 51.8 Å². The highest BCUT2D eigenvalue weighted by Crippen LogP contribution is 2.09. The van der Waals surface area contributed by atoms with Gasteiger partial charge in [0.1, 0.15) is 5.82 Å². The zero-order valence-electron chi connectivity index (χ0n) is 8.45. The Kier molecular flexibility index (Phi) is 5.05. The van der Waals surface area contributed by atoms with Gasteiger partial charge in [0.2, 0.25) is 0 Å². The van der Waals surface area contributed by atoms with Gasteiger partial charge in [0.05, 0.1) is 0 Å². The fourth-order valence-electron chi connectivity index (χ4n) is 1.02. The van der Waals surface area contributed by atoms with Gasteiger partial charge in [0.15, 0.2) is 0 Å². The number of aryl methyl sites for hydroxylation is 1. The molecular weight excluding hydrogens is 255 g/mol. The summed E-state index contributed by atoms with van der Waals surface area (Å²) in [5.41, 5.74) is 1.29. The molecule has 15 heavy (non-hydrogen) atoms. The highest BCUT2D eigenvalue weighted by molar-refractivity contribution is 9.10. The molecule has 0 atom stereocenters. The van der Waals surface area contributed by atoms with Crippen molar-refractivity contribution >= 4 is 15.9 Å². The Hall–Kier alpha value is -1.15. The summed E-state index contributed by atoms with van der Waals surface area (Å²) in [6.07, 6.45) is 0. The molecule has 0 amide bonds. The van der Waals surface area contributed by atoms with E-state index in [1.807, 2.05) is 12.1 Å². The van der Waals surface area contributed by atoms with E-state index in [2.05, 4.69) is 35.0 Å². The van der Waals surface area contributed by atoms with E-state index in [9.17, 15) is 4.39 Å². The molecule has 0 aromatic heterocycles. The van der Waals surface area contributed by atoms with Crippen molar-refractivity contribution in [1.82, 2.24) is 0 Å². The molecule has 2 rings (SSSR count). The molecule has 0 saturated carbocycles. The summed E-state index contributed by atoms with van der Waals surface area (Å²) in [7, 11) is 0. The molecule has 2 aromatic rings. The maximum absolute atomic E-state index is 11.9. The van der Waals surface area contributed by atoms with Gasteiger partial charge >= 0.3 is 0 Å². The fraction of sp³-hybridized carbons (Fsp3) is 0.0769. The Morgan fingerprint density at radius 3 is 1.93 bits per heavy atom.